The maximum absolute atomic E-state index is 5.77. The van der Waals surface area contributed by atoms with E-state index in [2.05, 4.69) is 27.4 Å². The van der Waals surface area contributed by atoms with Crippen molar-refractivity contribution in [2.75, 3.05) is 13.2 Å². The van der Waals surface area contributed by atoms with Gasteiger partial charge in [-0.1, -0.05) is 26.0 Å². The van der Waals surface area contributed by atoms with Gasteiger partial charge in [-0.05, 0) is 118 Å². The summed E-state index contributed by atoms with van der Waals surface area (Å²) >= 11 is 0. The first kappa shape index (κ1) is 19.0. The van der Waals surface area contributed by atoms with E-state index >= 15 is 0 Å². The van der Waals surface area contributed by atoms with E-state index in [0.717, 1.165) is 54.6 Å². The number of rotatable bonds is 5. The highest BCUT2D eigenvalue weighted by molar-refractivity contribution is 5.15. The van der Waals surface area contributed by atoms with Gasteiger partial charge >= 0.3 is 0 Å². The Hall–Kier alpha value is -0.300. The standard InChI is InChI=1S/C25H42O/c1-5-17(3)23-11-12-24-22-10-8-19-15-18(16-26-6-2)7-9-20(19)21(22)13-14-25(23,24)4/h18-24H,3,5-16H2,1-2,4H3. The molecule has 4 rings (SSSR count). The zero-order valence-electron chi connectivity index (χ0n) is 17.6. The normalized spacial score (nSPS) is 47.7. The lowest BCUT2D eigenvalue weighted by Gasteiger charge is -2.56. The Bertz CT molecular complexity index is 510. The Morgan fingerprint density at radius 2 is 1.77 bits per heavy atom. The Kier molecular flexibility index (Phi) is 5.57. The molecule has 0 saturated heterocycles. The first-order chi connectivity index (χ1) is 12.6. The summed E-state index contributed by atoms with van der Waals surface area (Å²) in [6.45, 7) is 13.5. The predicted octanol–water partition coefficient (Wildman–Crippen LogP) is 6.87. The molecule has 26 heavy (non-hydrogen) atoms. The third-order valence-corrected chi connectivity index (χ3v) is 9.57. The van der Waals surface area contributed by atoms with Gasteiger partial charge in [-0.25, -0.2) is 0 Å². The molecule has 0 aromatic heterocycles. The molecule has 4 saturated carbocycles. The second-order valence-corrected chi connectivity index (χ2v) is 10.5. The molecule has 148 valence electrons. The summed E-state index contributed by atoms with van der Waals surface area (Å²) in [6, 6.07) is 0. The molecule has 4 aliphatic carbocycles. The van der Waals surface area contributed by atoms with Gasteiger partial charge in [0.2, 0.25) is 0 Å². The van der Waals surface area contributed by atoms with E-state index in [1.165, 1.54) is 64.2 Å². The average Bonchev–Trinajstić information content (AvgIpc) is 3.02. The van der Waals surface area contributed by atoms with Crippen molar-refractivity contribution in [2.45, 2.75) is 85.0 Å². The molecule has 4 fully saturated rings. The van der Waals surface area contributed by atoms with Gasteiger partial charge in [-0.3, -0.25) is 0 Å². The van der Waals surface area contributed by atoms with Crippen LogP contribution in [0.4, 0.5) is 0 Å². The number of hydrogen-bond acceptors (Lipinski definition) is 1. The molecule has 8 unspecified atom stereocenters. The summed E-state index contributed by atoms with van der Waals surface area (Å²) in [5.41, 5.74) is 2.13. The van der Waals surface area contributed by atoms with Crippen LogP contribution in [0.2, 0.25) is 0 Å². The van der Waals surface area contributed by atoms with Gasteiger partial charge in [0.1, 0.15) is 0 Å². The Morgan fingerprint density at radius 3 is 2.54 bits per heavy atom. The molecule has 1 heteroatoms. The fourth-order valence-corrected chi connectivity index (χ4v) is 8.30. The molecule has 0 aliphatic heterocycles. The fourth-order valence-electron chi connectivity index (χ4n) is 8.30. The average molecular weight is 359 g/mol. The summed E-state index contributed by atoms with van der Waals surface area (Å²) < 4.78 is 5.77. The van der Waals surface area contributed by atoms with Crippen LogP contribution in [-0.2, 0) is 4.74 Å². The summed E-state index contributed by atoms with van der Waals surface area (Å²) in [7, 11) is 0. The summed E-state index contributed by atoms with van der Waals surface area (Å²) in [5.74, 6) is 6.81. The van der Waals surface area contributed by atoms with Crippen LogP contribution in [0.15, 0.2) is 12.2 Å². The maximum Gasteiger partial charge on any atom is 0.0494 e. The molecule has 8 atom stereocenters. The van der Waals surface area contributed by atoms with Crippen LogP contribution in [0.25, 0.3) is 0 Å². The molecule has 4 aliphatic rings. The third-order valence-electron chi connectivity index (χ3n) is 9.57. The van der Waals surface area contributed by atoms with Crippen LogP contribution in [0.3, 0.4) is 0 Å². The summed E-state index contributed by atoms with van der Waals surface area (Å²) in [6.07, 6.45) is 14.5. The molecule has 0 amide bonds. The van der Waals surface area contributed by atoms with E-state index in [9.17, 15) is 0 Å². The van der Waals surface area contributed by atoms with Crippen LogP contribution >= 0.6 is 0 Å². The number of fused-ring (bicyclic) bond motifs is 5. The van der Waals surface area contributed by atoms with Crippen LogP contribution < -0.4 is 0 Å². The minimum Gasteiger partial charge on any atom is -0.381 e. The van der Waals surface area contributed by atoms with Crippen molar-refractivity contribution < 1.29 is 4.74 Å². The van der Waals surface area contributed by atoms with Crippen LogP contribution in [0, 0.1) is 46.8 Å². The maximum atomic E-state index is 5.77. The van der Waals surface area contributed by atoms with Gasteiger partial charge < -0.3 is 4.74 Å². The van der Waals surface area contributed by atoms with Gasteiger partial charge in [-0.2, -0.15) is 0 Å². The monoisotopic (exact) mass is 358 g/mol. The molecule has 0 radical (unpaired) electrons. The van der Waals surface area contributed by atoms with Crippen molar-refractivity contribution in [3.05, 3.63) is 12.2 Å². The second-order valence-electron chi connectivity index (χ2n) is 10.5. The predicted molar refractivity (Wildman–Crippen MR) is 110 cm³/mol. The SMILES string of the molecule is C=C(CC)C1CCC2C3CCC4CC(COCC)CCC4C3CCC12C. The Balaban J connectivity index is 1.45. The highest BCUT2D eigenvalue weighted by atomic mass is 16.5. The summed E-state index contributed by atoms with van der Waals surface area (Å²) in [5, 5.41) is 0. The molecule has 0 spiro atoms. The first-order valence-electron chi connectivity index (χ1n) is 11.8. The highest BCUT2D eigenvalue weighted by Gasteiger charge is 2.57. The van der Waals surface area contributed by atoms with E-state index in [4.69, 9.17) is 4.74 Å². The third kappa shape index (κ3) is 3.11. The Labute approximate surface area is 162 Å². The van der Waals surface area contributed by atoms with Gasteiger partial charge in [0.05, 0.1) is 0 Å². The number of hydrogen-bond donors (Lipinski definition) is 0. The van der Waals surface area contributed by atoms with Crippen molar-refractivity contribution in [3.8, 4) is 0 Å². The molecule has 0 aromatic carbocycles. The fraction of sp³-hybridized carbons (Fsp3) is 0.920. The lowest BCUT2D eigenvalue weighted by molar-refractivity contribution is -0.0696. The first-order valence-corrected chi connectivity index (χ1v) is 11.8. The van der Waals surface area contributed by atoms with Crippen LogP contribution in [0.5, 0.6) is 0 Å². The van der Waals surface area contributed by atoms with Gasteiger partial charge in [0.15, 0.2) is 0 Å². The molecular formula is C25H42O. The van der Waals surface area contributed by atoms with Crippen LogP contribution in [0.1, 0.15) is 85.0 Å². The van der Waals surface area contributed by atoms with E-state index in [1.54, 1.807) is 5.57 Å². The van der Waals surface area contributed by atoms with Crippen molar-refractivity contribution in [3.63, 3.8) is 0 Å². The van der Waals surface area contributed by atoms with Crippen LogP contribution in [-0.4, -0.2) is 13.2 Å². The molecule has 0 heterocycles. The van der Waals surface area contributed by atoms with Crippen molar-refractivity contribution in [2.24, 2.45) is 46.8 Å². The zero-order chi connectivity index (χ0) is 18.3. The van der Waals surface area contributed by atoms with Gasteiger partial charge in [0.25, 0.3) is 0 Å². The molecular weight excluding hydrogens is 316 g/mol. The second kappa shape index (κ2) is 7.61. The molecule has 1 nitrogen and oxygen atoms in total. The van der Waals surface area contributed by atoms with Crippen molar-refractivity contribution in [1.29, 1.82) is 0 Å². The molecule has 0 aromatic rings. The lowest BCUT2D eigenvalue weighted by Crippen LogP contribution is -2.48. The largest absolute Gasteiger partial charge is 0.381 e. The topological polar surface area (TPSA) is 9.23 Å². The Morgan fingerprint density at radius 1 is 0.962 bits per heavy atom. The quantitative estimate of drug-likeness (QED) is 0.487. The number of allylic oxidation sites excluding steroid dienone is 1. The van der Waals surface area contributed by atoms with E-state index < -0.39 is 0 Å². The summed E-state index contributed by atoms with van der Waals surface area (Å²) in [4.78, 5) is 0. The minimum absolute atomic E-state index is 0.577. The zero-order valence-corrected chi connectivity index (χ0v) is 17.6. The van der Waals surface area contributed by atoms with Gasteiger partial charge in [0, 0.05) is 13.2 Å². The van der Waals surface area contributed by atoms with E-state index in [1.807, 2.05) is 0 Å². The smallest absolute Gasteiger partial charge is 0.0494 e. The van der Waals surface area contributed by atoms with Crippen molar-refractivity contribution >= 4 is 0 Å². The molecule has 0 N–H and O–H groups in total. The van der Waals surface area contributed by atoms with Gasteiger partial charge in [-0.15, -0.1) is 0 Å². The number of ether oxygens (including phenoxy) is 1. The lowest BCUT2D eigenvalue weighted by atomic mass is 9.49. The highest BCUT2D eigenvalue weighted by Crippen LogP contribution is 2.65. The van der Waals surface area contributed by atoms with E-state index in [-0.39, 0.29) is 0 Å². The van der Waals surface area contributed by atoms with E-state index in [0.29, 0.717) is 5.41 Å². The van der Waals surface area contributed by atoms with Crippen molar-refractivity contribution in [1.82, 2.24) is 0 Å². The minimum atomic E-state index is 0.577. The molecule has 0 bridgehead atoms.